The number of aryl methyl sites for hydroxylation is 1. The second-order valence-electron chi connectivity index (χ2n) is 5.93. The number of hydrogen-bond acceptors (Lipinski definition) is 3. The first-order chi connectivity index (χ1) is 9.85. The van der Waals surface area contributed by atoms with E-state index >= 15 is 0 Å². The average Bonchev–Trinajstić information content (AvgIpc) is 2.41. The lowest BCUT2D eigenvalue weighted by molar-refractivity contribution is 0.354. The molecule has 0 aliphatic carbocycles. The van der Waals surface area contributed by atoms with Crippen LogP contribution >= 0.6 is 24.0 Å². The molecule has 6 heteroatoms. The Labute approximate surface area is 150 Å². The molecule has 126 valence electrons. The van der Waals surface area contributed by atoms with Crippen LogP contribution in [0.4, 0.5) is 0 Å². The first-order valence-electron chi connectivity index (χ1n) is 7.14. The molecule has 3 N–H and O–H groups in total. The summed E-state index contributed by atoms with van der Waals surface area (Å²) >= 11 is 0. The van der Waals surface area contributed by atoms with Crippen LogP contribution in [0.5, 0.6) is 11.5 Å². The highest BCUT2D eigenvalue weighted by Gasteiger charge is 2.09. The topological polar surface area (TPSA) is 68.9 Å². The van der Waals surface area contributed by atoms with Gasteiger partial charge in [0.15, 0.2) is 17.5 Å². The van der Waals surface area contributed by atoms with E-state index in [0.717, 1.165) is 24.3 Å². The second-order valence-corrected chi connectivity index (χ2v) is 5.93. The molecule has 5 nitrogen and oxygen atoms in total. The molecule has 0 aliphatic heterocycles. The summed E-state index contributed by atoms with van der Waals surface area (Å²) in [5, 5.41) is 3.14. The molecule has 0 saturated heterocycles. The minimum atomic E-state index is -0.0586. The first-order valence-corrected chi connectivity index (χ1v) is 7.14. The van der Waals surface area contributed by atoms with Gasteiger partial charge in [-0.2, -0.15) is 0 Å². The van der Waals surface area contributed by atoms with Crippen molar-refractivity contribution in [3.8, 4) is 11.5 Å². The number of halogens is 1. The summed E-state index contributed by atoms with van der Waals surface area (Å²) in [6.07, 6.45) is 1.86. The zero-order chi connectivity index (χ0) is 15.9. The number of nitrogens with two attached hydrogens (primary N) is 1. The van der Waals surface area contributed by atoms with Gasteiger partial charge in [0.25, 0.3) is 0 Å². The van der Waals surface area contributed by atoms with Crippen molar-refractivity contribution in [1.82, 2.24) is 5.32 Å². The Hall–Kier alpha value is -1.18. The molecule has 0 spiro atoms. The summed E-state index contributed by atoms with van der Waals surface area (Å²) in [6, 6.07) is 5.97. The third-order valence-corrected chi connectivity index (χ3v) is 2.86. The molecule has 0 aliphatic rings. The van der Waals surface area contributed by atoms with Gasteiger partial charge in [-0.1, -0.05) is 6.07 Å². The van der Waals surface area contributed by atoms with E-state index in [1.54, 1.807) is 14.2 Å². The van der Waals surface area contributed by atoms with E-state index in [1.165, 1.54) is 5.56 Å². The molecule has 0 saturated carbocycles. The zero-order valence-electron chi connectivity index (χ0n) is 14.1. The van der Waals surface area contributed by atoms with E-state index in [2.05, 4.69) is 31.1 Å². The molecule has 0 radical (unpaired) electrons. The lowest BCUT2D eigenvalue weighted by Crippen LogP contribution is -2.45. The largest absolute Gasteiger partial charge is 0.493 e. The van der Waals surface area contributed by atoms with Crippen molar-refractivity contribution in [3.63, 3.8) is 0 Å². The van der Waals surface area contributed by atoms with E-state index in [9.17, 15) is 0 Å². The maximum Gasteiger partial charge on any atom is 0.188 e. The molecule has 0 bridgehead atoms. The zero-order valence-corrected chi connectivity index (χ0v) is 16.4. The van der Waals surface area contributed by atoms with Crippen molar-refractivity contribution >= 4 is 29.9 Å². The molecular weight excluding hydrogens is 393 g/mol. The number of nitrogens with one attached hydrogen (secondary N) is 1. The van der Waals surface area contributed by atoms with Gasteiger partial charge in [-0.3, -0.25) is 4.99 Å². The SMILES string of the molecule is COc1ccc(CCCN=C(N)NC(C)(C)C)cc1OC.I. The number of aliphatic imine (C=N–C) groups is 1. The normalized spacial score (nSPS) is 11.6. The van der Waals surface area contributed by atoms with Crippen LogP contribution in [0.15, 0.2) is 23.2 Å². The Balaban J connectivity index is 0.00000441. The predicted molar refractivity (Wildman–Crippen MR) is 103 cm³/mol. The van der Waals surface area contributed by atoms with Crippen LogP contribution in [0, 0.1) is 0 Å². The number of guanidine groups is 1. The number of benzene rings is 1. The van der Waals surface area contributed by atoms with E-state index in [1.807, 2.05) is 18.2 Å². The van der Waals surface area contributed by atoms with Gasteiger partial charge >= 0.3 is 0 Å². The van der Waals surface area contributed by atoms with E-state index in [4.69, 9.17) is 15.2 Å². The maximum absolute atomic E-state index is 5.83. The molecule has 0 heterocycles. The first kappa shape index (κ1) is 20.8. The summed E-state index contributed by atoms with van der Waals surface area (Å²) in [4.78, 5) is 4.33. The summed E-state index contributed by atoms with van der Waals surface area (Å²) in [7, 11) is 3.28. The minimum Gasteiger partial charge on any atom is -0.493 e. The van der Waals surface area contributed by atoms with Gasteiger partial charge in [-0.05, 0) is 51.3 Å². The van der Waals surface area contributed by atoms with Crippen LogP contribution in [-0.2, 0) is 6.42 Å². The fourth-order valence-electron chi connectivity index (χ4n) is 1.94. The van der Waals surface area contributed by atoms with Crippen LogP contribution < -0.4 is 20.5 Å². The molecular formula is C16H28IN3O2. The molecule has 0 atom stereocenters. The van der Waals surface area contributed by atoms with E-state index < -0.39 is 0 Å². The fourth-order valence-corrected chi connectivity index (χ4v) is 1.94. The van der Waals surface area contributed by atoms with E-state index in [0.29, 0.717) is 12.5 Å². The van der Waals surface area contributed by atoms with E-state index in [-0.39, 0.29) is 29.5 Å². The van der Waals surface area contributed by atoms with Gasteiger partial charge in [0.1, 0.15) is 0 Å². The third kappa shape index (κ3) is 7.72. The summed E-state index contributed by atoms with van der Waals surface area (Å²) in [5.41, 5.74) is 6.97. The highest BCUT2D eigenvalue weighted by molar-refractivity contribution is 14.0. The van der Waals surface area contributed by atoms with Crippen LogP contribution in [0.1, 0.15) is 32.8 Å². The Kier molecular flexibility index (Phi) is 9.24. The number of ether oxygens (including phenoxy) is 2. The minimum absolute atomic E-state index is 0. The maximum atomic E-state index is 5.83. The van der Waals surface area contributed by atoms with Gasteiger partial charge in [0.05, 0.1) is 14.2 Å². The van der Waals surface area contributed by atoms with Crippen molar-refractivity contribution in [1.29, 1.82) is 0 Å². The number of rotatable bonds is 6. The Bertz CT molecular complexity index is 485. The van der Waals surface area contributed by atoms with Crippen molar-refractivity contribution in [2.75, 3.05) is 20.8 Å². The molecule has 0 aromatic heterocycles. The second kappa shape index (κ2) is 9.76. The standard InChI is InChI=1S/C16H27N3O2.HI/c1-16(2,3)19-15(17)18-10-6-7-12-8-9-13(20-4)14(11-12)21-5;/h8-9,11H,6-7,10H2,1-5H3,(H3,17,18,19);1H. The third-order valence-electron chi connectivity index (χ3n) is 2.86. The van der Waals surface area contributed by atoms with Crippen LogP contribution in [0.25, 0.3) is 0 Å². The smallest absolute Gasteiger partial charge is 0.188 e. The van der Waals surface area contributed by atoms with Crippen molar-refractivity contribution in [2.24, 2.45) is 10.7 Å². The fraction of sp³-hybridized carbons (Fsp3) is 0.562. The summed E-state index contributed by atoms with van der Waals surface area (Å²) in [5.74, 6) is 2.00. The Morgan fingerprint density at radius 2 is 1.82 bits per heavy atom. The highest BCUT2D eigenvalue weighted by Crippen LogP contribution is 2.27. The van der Waals surface area contributed by atoms with Crippen LogP contribution in [0.2, 0.25) is 0 Å². The van der Waals surface area contributed by atoms with Crippen LogP contribution in [0.3, 0.4) is 0 Å². The van der Waals surface area contributed by atoms with Gasteiger partial charge in [0.2, 0.25) is 0 Å². The molecule has 1 aromatic rings. The highest BCUT2D eigenvalue weighted by atomic mass is 127. The summed E-state index contributed by atoms with van der Waals surface area (Å²) in [6.45, 7) is 6.86. The number of methoxy groups -OCH3 is 2. The Morgan fingerprint density at radius 3 is 2.36 bits per heavy atom. The lowest BCUT2D eigenvalue weighted by atomic mass is 10.1. The van der Waals surface area contributed by atoms with Crippen molar-refractivity contribution in [3.05, 3.63) is 23.8 Å². The van der Waals surface area contributed by atoms with Gasteiger partial charge in [0, 0.05) is 12.1 Å². The van der Waals surface area contributed by atoms with Gasteiger partial charge in [-0.15, -0.1) is 24.0 Å². The molecule has 0 amide bonds. The predicted octanol–water partition coefficient (Wildman–Crippen LogP) is 2.96. The average molecular weight is 421 g/mol. The summed E-state index contributed by atoms with van der Waals surface area (Å²) < 4.78 is 10.5. The number of hydrogen-bond donors (Lipinski definition) is 2. The Morgan fingerprint density at radius 1 is 1.18 bits per heavy atom. The van der Waals surface area contributed by atoms with Gasteiger partial charge in [-0.25, -0.2) is 0 Å². The van der Waals surface area contributed by atoms with Crippen molar-refractivity contribution < 1.29 is 9.47 Å². The molecule has 0 unspecified atom stereocenters. The molecule has 1 rings (SSSR count). The molecule has 22 heavy (non-hydrogen) atoms. The molecule has 1 aromatic carbocycles. The lowest BCUT2D eigenvalue weighted by Gasteiger charge is -2.20. The van der Waals surface area contributed by atoms with Crippen LogP contribution in [-0.4, -0.2) is 32.3 Å². The molecule has 0 fully saturated rings. The van der Waals surface area contributed by atoms with Crippen molar-refractivity contribution in [2.45, 2.75) is 39.2 Å². The van der Waals surface area contributed by atoms with Gasteiger partial charge < -0.3 is 20.5 Å². The monoisotopic (exact) mass is 421 g/mol. The number of nitrogens with zero attached hydrogens (tertiary/aromatic N) is 1. The quantitative estimate of drug-likeness (QED) is 0.321.